The summed E-state index contributed by atoms with van der Waals surface area (Å²) in [6.07, 6.45) is 2.92. The van der Waals surface area contributed by atoms with Crippen LogP contribution >= 0.6 is 11.3 Å². The molecule has 0 aliphatic carbocycles. The van der Waals surface area contributed by atoms with Crippen LogP contribution < -0.4 is 5.32 Å². The molecule has 116 valence electrons. The number of nitrogens with one attached hydrogen (secondary N) is 1. The van der Waals surface area contributed by atoms with Crippen molar-refractivity contribution in [2.24, 2.45) is 0 Å². The number of carbonyl (C=O) groups is 2. The van der Waals surface area contributed by atoms with E-state index in [1.807, 2.05) is 6.92 Å². The van der Waals surface area contributed by atoms with Gasteiger partial charge in [-0.3, -0.25) is 4.79 Å². The summed E-state index contributed by atoms with van der Waals surface area (Å²) in [5, 5.41) is 14.3. The van der Waals surface area contributed by atoms with Crippen molar-refractivity contribution < 1.29 is 19.4 Å². The molecule has 7 heteroatoms. The molecule has 1 aliphatic rings. The minimum Gasteiger partial charge on any atom is -0.480 e. The Hall–Kier alpha value is -1.47. The van der Waals surface area contributed by atoms with Crippen LogP contribution in [0.1, 0.15) is 61.1 Å². The number of aromatic nitrogens is 1. The van der Waals surface area contributed by atoms with E-state index in [9.17, 15) is 14.7 Å². The van der Waals surface area contributed by atoms with Crippen molar-refractivity contribution in [1.82, 2.24) is 10.3 Å². The summed E-state index contributed by atoms with van der Waals surface area (Å²) in [7, 11) is 0. The molecule has 1 aromatic heterocycles. The zero-order valence-electron chi connectivity index (χ0n) is 12.2. The van der Waals surface area contributed by atoms with Gasteiger partial charge in [0.2, 0.25) is 0 Å². The molecule has 0 bridgehead atoms. The van der Waals surface area contributed by atoms with E-state index in [1.54, 1.807) is 5.38 Å². The first-order chi connectivity index (χ1) is 9.96. The van der Waals surface area contributed by atoms with Gasteiger partial charge < -0.3 is 15.2 Å². The number of hydrogen-bond acceptors (Lipinski definition) is 5. The highest BCUT2D eigenvalue weighted by molar-refractivity contribution is 7.09. The number of rotatable bonds is 6. The van der Waals surface area contributed by atoms with Crippen LogP contribution in [0.25, 0.3) is 0 Å². The van der Waals surface area contributed by atoms with Gasteiger partial charge in [0.05, 0.1) is 0 Å². The first-order valence-electron chi connectivity index (χ1n) is 7.09. The molecule has 6 nitrogen and oxygen atoms in total. The van der Waals surface area contributed by atoms with Gasteiger partial charge in [0.25, 0.3) is 5.91 Å². The summed E-state index contributed by atoms with van der Waals surface area (Å²) in [4.78, 5) is 27.8. The van der Waals surface area contributed by atoms with Crippen molar-refractivity contribution in [2.75, 3.05) is 6.61 Å². The normalized spacial score (nSPS) is 21.0. The summed E-state index contributed by atoms with van der Waals surface area (Å²) in [5.41, 5.74) is -1.01. The number of thiazole rings is 1. The molecule has 2 unspecified atom stereocenters. The monoisotopic (exact) mass is 312 g/mol. The Bertz CT molecular complexity index is 525. The quantitative estimate of drug-likeness (QED) is 0.842. The lowest BCUT2D eigenvalue weighted by Crippen LogP contribution is -2.52. The predicted molar refractivity (Wildman–Crippen MR) is 78.5 cm³/mol. The topological polar surface area (TPSA) is 88.5 Å². The lowest BCUT2D eigenvalue weighted by molar-refractivity contribution is -0.144. The van der Waals surface area contributed by atoms with Crippen molar-refractivity contribution in [3.63, 3.8) is 0 Å². The fraction of sp³-hybridized carbons (Fsp3) is 0.643. The number of hydrogen-bond donors (Lipinski definition) is 2. The molecule has 1 amide bonds. The zero-order valence-corrected chi connectivity index (χ0v) is 13.0. The molecule has 1 saturated heterocycles. The van der Waals surface area contributed by atoms with Crippen molar-refractivity contribution in [1.29, 1.82) is 0 Å². The second kappa shape index (κ2) is 6.53. The van der Waals surface area contributed by atoms with Crippen molar-refractivity contribution in [3.8, 4) is 0 Å². The third-order valence-electron chi connectivity index (χ3n) is 3.57. The van der Waals surface area contributed by atoms with Crippen LogP contribution in [0.3, 0.4) is 0 Å². The lowest BCUT2D eigenvalue weighted by Gasteiger charge is -2.25. The van der Waals surface area contributed by atoms with E-state index < -0.39 is 17.4 Å². The average molecular weight is 312 g/mol. The lowest BCUT2D eigenvalue weighted by atomic mass is 9.96. The summed E-state index contributed by atoms with van der Waals surface area (Å²) >= 11 is 1.38. The molecule has 1 fully saturated rings. The van der Waals surface area contributed by atoms with E-state index in [-0.39, 0.29) is 11.8 Å². The van der Waals surface area contributed by atoms with Crippen molar-refractivity contribution in [2.45, 2.75) is 51.2 Å². The molecule has 2 N–H and O–H groups in total. The van der Waals surface area contributed by atoms with Crippen LogP contribution in [0, 0.1) is 0 Å². The molecule has 2 heterocycles. The smallest absolute Gasteiger partial charge is 0.329 e. The Labute approximate surface area is 127 Å². The summed E-state index contributed by atoms with van der Waals surface area (Å²) in [5.74, 6) is -1.49. The standard InChI is InChI=1S/C14H20N2O4S/c1-3-6-14(2,13(18)19)16-11(17)9-8-21-12(15-9)10-5-4-7-20-10/h8,10H,3-7H2,1-2H3,(H,16,17)(H,18,19). The Kier molecular flexibility index (Phi) is 4.95. The van der Waals surface area contributed by atoms with E-state index >= 15 is 0 Å². The molecule has 0 spiro atoms. The van der Waals surface area contributed by atoms with E-state index in [1.165, 1.54) is 18.3 Å². The minimum absolute atomic E-state index is 0.0296. The maximum Gasteiger partial charge on any atom is 0.329 e. The maximum absolute atomic E-state index is 12.2. The Morgan fingerprint density at radius 2 is 2.38 bits per heavy atom. The molecular formula is C14H20N2O4S. The third kappa shape index (κ3) is 3.59. The number of carboxylic acids is 1. The van der Waals surface area contributed by atoms with E-state index in [0.29, 0.717) is 12.8 Å². The number of aliphatic carboxylic acids is 1. The Balaban J connectivity index is 2.07. The molecule has 2 rings (SSSR count). The molecule has 1 aliphatic heterocycles. The van der Waals surface area contributed by atoms with Gasteiger partial charge in [-0.15, -0.1) is 11.3 Å². The van der Waals surface area contributed by atoms with Crippen molar-refractivity contribution >= 4 is 23.2 Å². The van der Waals surface area contributed by atoms with E-state index in [0.717, 1.165) is 24.5 Å². The van der Waals surface area contributed by atoms with Gasteiger partial charge >= 0.3 is 5.97 Å². The summed E-state index contributed by atoms with van der Waals surface area (Å²) in [6, 6.07) is 0. The Morgan fingerprint density at radius 1 is 1.62 bits per heavy atom. The minimum atomic E-state index is -1.26. The SMILES string of the molecule is CCCC(C)(NC(=O)c1csc(C2CCCO2)n1)C(=O)O. The van der Waals surface area contributed by atoms with Crippen LogP contribution in [-0.4, -0.2) is 34.1 Å². The van der Waals surface area contributed by atoms with Gasteiger partial charge in [-0.05, 0) is 26.2 Å². The molecule has 2 atom stereocenters. The molecule has 1 aromatic rings. The van der Waals surface area contributed by atoms with E-state index in [4.69, 9.17) is 4.74 Å². The van der Waals surface area contributed by atoms with E-state index in [2.05, 4.69) is 10.3 Å². The summed E-state index contributed by atoms with van der Waals surface area (Å²) in [6.45, 7) is 4.12. The molecular weight excluding hydrogens is 292 g/mol. The second-order valence-electron chi connectivity index (χ2n) is 5.41. The second-order valence-corrected chi connectivity index (χ2v) is 6.30. The molecule has 0 saturated carbocycles. The van der Waals surface area contributed by atoms with Gasteiger partial charge in [-0.2, -0.15) is 0 Å². The van der Waals surface area contributed by atoms with Crippen LogP contribution in [0.4, 0.5) is 0 Å². The van der Waals surface area contributed by atoms with Gasteiger partial charge in [0.1, 0.15) is 22.3 Å². The zero-order chi connectivity index (χ0) is 15.5. The van der Waals surface area contributed by atoms with Gasteiger partial charge in [-0.25, -0.2) is 9.78 Å². The van der Waals surface area contributed by atoms with Crippen LogP contribution in [0.5, 0.6) is 0 Å². The first-order valence-corrected chi connectivity index (χ1v) is 7.97. The van der Waals surface area contributed by atoms with Gasteiger partial charge in [0.15, 0.2) is 0 Å². The molecule has 0 aromatic carbocycles. The van der Waals surface area contributed by atoms with Crippen LogP contribution in [0.15, 0.2) is 5.38 Å². The first kappa shape index (κ1) is 15.9. The number of carbonyl (C=O) groups excluding carboxylic acids is 1. The highest BCUT2D eigenvalue weighted by Gasteiger charge is 2.34. The molecule has 0 radical (unpaired) electrons. The molecule has 21 heavy (non-hydrogen) atoms. The number of nitrogens with zero attached hydrogens (tertiary/aromatic N) is 1. The Morgan fingerprint density at radius 3 is 2.95 bits per heavy atom. The van der Waals surface area contributed by atoms with Crippen molar-refractivity contribution in [3.05, 3.63) is 16.1 Å². The fourth-order valence-corrected chi connectivity index (χ4v) is 3.23. The predicted octanol–water partition coefficient (Wildman–Crippen LogP) is 2.37. The van der Waals surface area contributed by atoms with Gasteiger partial charge in [-0.1, -0.05) is 13.3 Å². The maximum atomic E-state index is 12.2. The van der Waals surface area contributed by atoms with Crippen LogP contribution in [0.2, 0.25) is 0 Å². The third-order valence-corrected chi connectivity index (χ3v) is 4.51. The highest BCUT2D eigenvalue weighted by atomic mass is 32.1. The average Bonchev–Trinajstić information content (AvgIpc) is 3.09. The number of amides is 1. The van der Waals surface area contributed by atoms with Gasteiger partial charge in [0, 0.05) is 12.0 Å². The number of ether oxygens (including phenoxy) is 1. The fourth-order valence-electron chi connectivity index (χ4n) is 2.35. The highest BCUT2D eigenvalue weighted by Crippen LogP contribution is 2.30. The van der Waals surface area contributed by atoms with Crippen LogP contribution in [-0.2, 0) is 9.53 Å². The largest absolute Gasteiger partial charge is 0.480 e. The summed E-state index contributed by atoms with van der Waals surface area (Å²) < 4.78 is 5.53. The number of carboxylic acid groups (broad SMARTS) is 1.